The third-order valence-electron chi connectivity index (χ3n) is 10.4. The first-order chi connectivity index (χ1) is 25.9. The van der Waals surface area contributed by atoms with Crippen molar-refractivity contribution in [2.24, 2.45) is 0 Å². The summed E-state index contributed by atoms with van der Waals surface area (Å²) >= 11 is 0. The van der Waals surface area contributed by atoms with Crippen molar-refractivity contribution >= 4 is 11.8 Å². The van der Waals surface area contributed by atoms with Crippen LogP contribution in [0.4, 0.5) is 0 Å². The molecule has 0 spiro atoms. The Morgan fingerprint density at radius 3 is 1.98 bits per heavy atom. The molecule has 2 atom stereocenters. The van der Waals surface area contributed by atoms with Crippen LogP contribution in [0.1, 0.15) is 71.7 Å². The van der Waals surface area contributed by atoms with Gasteiger partial charge >= 0.3 is 0 Å². The molecule has 0 saturated carbocycles. The average Bonchev–Trinajstić information content (AvgIpc) is 3.99. The van der Waals surface area contributed by atoms with E-state index in [1.165, 1.54) is 0 Å². The van der Waals surface area contributed by atoms with Crippen LogP contribution in [0, 0.1) is 13.8 Å². The Morgan fingerprint density at radius 1 is 0.717 bits per heavy atom. The minimum Gasteiger partial charge on any atom is -0.457 e. The van der Waals surface area contributed by atoms with E-state index in [0.29, 0.717) is 24.3 Å². The molecule has 0 aliphatic carbocycles. The lowest BCUT2D eigenvalue weighted by molar-refractivity contribution is -0.132. The molecule has 2 aliphatic heterocycles. The smallest absolute Gasteiger partial charge is 0.227 e. The lowest BCUT2D eigenvalue weighted by Crippen LogP contribution is -2.32. The van der Waals surface area contributed by atoms with Crippen molar-refractivity contribution in [1.82, 2.24) is 29.7 Å². The highest BCUT2D eigenvalue weighted by Crippen LogP contribution is 2.35. The maximum Gasteiger partial charge on any atom is 0.227 e. The number of aromatic amines is 2. The molecule has 2 fully saturated rings. The molecule has 2 saturated heterocycles. The van der Waals surface area contributed by atoms with E-state index in [4.69, 9.17) is 14.7 Å². The zero-order chi connectivity index (χ0) is 36.3. The van der Waals surface area contributed by atoms with E-state index >= 15 is 0 Å². The molecule has 6 aromatic rings. The number of benzene rings is 4. The van der Waals surface area contributed by atoms with Crippen molar-refractivity contribution in [1.29, 1.82) is 0 Å². The summed E-state index contributed by atoms with van der Waals surface area (Å²) in [4.78, 5) is 47.0. The normalized spacial score (nSPS) is 17.0. The first-order valence-corrected chi connectivity index (χ1v) is 18.6. The van der Waals surface area contributed by atoms with Crippen LogP contribution >= 0.6 is 0 Å². The summed E-state index contributed by atoms with van der Waals surface area (Å²) in [5.74, 6) is 3.32. The summed E-state index contributed by atoms with van der Waals surface area (Å²) in [5.41, 5.74) is 8.03. The summed E-state index contributed by atoms with van der Waals surface area (Å²) in [6.45, 7) is 5.59. The third-order valence-corrected chi connectivity index (χ3v) is 10.4. The highest BCUT2D eigenvalue weighted by Gasteiger charge is 2.33. The van der Waals surface area contributed by atoms with E-state index in [-0.39, 0.29) is 23.9 Å². The predicted molar refractivity (Wildman–Crippen MR) is 205 cm³/mol. The summed E-state index contributed by atoms with van der Waals surface area (Å²) in [6.07, 6.45) is 8.25. The van der Waals surface area contributed by atoms with Crippen LogP contribution in [0.5, 0.6) is 11.5 Å². The molecule has 2 aliphatic rings. The zero-order valence-electron chi connectivity index (χ0n) is 30.2. The number of ether oxygens (including phenoxy) is 1. The number of imidazole rings is 2. The molecule has 0 radical (unpaired) electrons. The predicted octanol–water partition coefficient (Wildman–Crippen LogP) is 8.69. The van der Waals surface area contributed by atoms with Crippen LogP contribution < -0.4 is 4.74 Å². The monoisotopic (exact) mass is 704 g/mol. The van der Waals surface area contributed by atoms with Gasteiger partial charge in [-0.25, -0.2) is 9.97 Å². The third kappa shape index (κ3) is 7.65. The fourth-order valence-electron chi connectivity index (χ4n) is 7.76. The van der Waals surface area contributed by atoms with Gasteiger partial charge in [0.05, 0.1) is 42.5 Å². The van der Waals surface area contributed by atoms with Gasteiger partial charge in [-0.15, -0.1) is 0 Å². The number of carbonyl (C=O) groups excluding carboxylic acids is 2. The molecule has 9 nitrogen and oxygen atoms in total. The SMILES string of the molecule is Cc1cccc(CC(=O)N2CCCC2c2nc(-c3cccc(Oc4ccc(-c5cnc([C@@H]6CCCN6C(=O)Cc6cccc(C)c6)[nH]5)cc4)c3)c[nH]2)c1. The lowest BCUT2D eigenvalue weighted by Gasteiger charge is -2.23. The second-order valence-corrected chi connectivity index (χ2v) is 14.3. The second kappa shape index (κ2) is 14.9. The van der Waals surface area contributed by atoms with Gasteiger partial charge in [-0.3, -0.25) is 9.59 Å². The molecule has 1 unspecified atom stereocenters. The largest absolute Gasteiger partial charge is 0.457 e. The van der Waals surface area contributed by atoms with Gasteiger partial charge in [0.25, 0.3) is 0 Å². The van der Waals surface area contributed by atoms with Crippen LogP contribution in [-0.2, 0) is 22.4 Å². The van der Waals surface area contributed by atoms with Crippen LogP contribution in [0.25, 0.3) is 22.5 Å². The van der Waals surface area contributed by atoms with Gasteiger partial charge < -0.3 is 24.5 Å². The van der Waals surface area contributed by atoms with Crippen molar-refractivity contribution in [2.45, 2.75) is 64.5 Å². The summed E-state index contributed by atoms with van der Waals surface area (Å²) < 4.78 is 6.27. The van der Waals surface area contributed by atoms with Gasteiger partial charge in [-0.2, -0.15) is 0 Å². The van der Waals surface area contributed by atoms with Gasteiger partial charge in [-0.1, -0.05) is 71.8 Å². The quantitative estimate of drug-likeness (QED) is 0.148. The van der Waals surface area contributed by atoms with Crippen molar-refractivity contribution in [3.63, 3.8) is 0 Å². The molecule has 4 aromatic carbocycles. The molecule has 2 amide bonds. The van der Waals surface area contributed by atoms with Crippen molar-refractivity contribution in [2.75, 3.05) is 13.1 Å². The van der Waals surface area contributed by atoms with Crippen molar-refractivity contribution in [3.8, 4) is 34.0 Å². The Balaban J connectivity index is 0.901. The first kappa shape index (κ1) is 34.1. The molecular weight excluding hydrogens is 661 g/mol. The van der Waals surface area contributed by atoms with Crippen LogP contribution in [0.2, 0.25) is 0 Å². The first-order valence-electron chi connectivity index (χ1n) is 18.6. The fourth-order valence-corrected chi connectivity index (χ4v) is 7.76. The fraction of sp³-hybridized carbons (Fsp3) is 0.273. The van der Waals surface area contributed by atoms with E-state index in [0.717, 1.165) is 95.2 Å². The Labute approximate surface area is 310 Å². The van der Waals surface area contributed by atoms with Crippen molar-refractivity contribution < 1.29 is 14.3 Å². The molecular formula is C44H44N6O3. The number of H-pyrrole nitrogens is 2. The minimum absolute atomic E-state index is 0.0508. The van der Waals surface area contributed by atoms with Crippen LogP contribution in [-0.4, -0.2) is 54.6 Å². The van der Waals surface area contributed by atoms with E-state index < -0.39 is 0 Å². The number of amides is 2. The highest BCUT2D eigenvalue weighted by molar-refractivity contribution is 5.80. The van der Waals surface area contributed by atoms with E-state index in [1.807, 2.05) is 95.0 Å². The Morgan fingerprint density at radius 2 is 1.34 bits per heavy atom. The summed E-state index contributed by atoms with van der Waals surface area (Å²) in [7, 11) is 0. The number of rotatable bonds is 10. The van der Waals surface area contributed by atoms with Gasteiger partial charge in [0.1, 0.15) is 23.1 Å². The molecule has 268 valence electrons. The average molecular weight is 705 g/mol. The number of nitrogens with zero attached hydrogens (tertiary/aromatic N) is 4. The van der Waals surface area contributed by atoms with Crippen LogP contribution in [0.3, 0.4) is 0 Å². The number of aromatic nitrogens is 4. The molecule has 2 aromatic heterocycles. The minimum atomic E-state index is -0.0615. The summed E-state index contributed by atoms with van der Waals surface area (Å²) in [6, 6.07) is 32.0. The zero-order valence-corrected chi connectivity index (χ0v) is 30.2. The number of hydrogen-bond acceptors (Lipinski definition) is 5. The van der Waals surface area contributed by atoms with E-state index in [2.05, 4.69) is 48.1 Å². The van der Waals surface area contributed by atoms with Crippen LogP contribution in [0.15, 0.2) is 109 Å². The van der Waals surface area contributed by atoms with E-state index in [9.17, 15) is 9.59 Å². The number of aryl methyl sites for hydroxylation is 2. The number of likely N-dealkylation sites (tertiary alicyclic amines) is 2. The Hall–Kier alpha value is -5.96. The number of carbonyl (C=O) groups is 2. The molecule has 9 heteroatoms. The second-order valence-electron chi connectivity index (χ2n) is 14.3. The number of hydrogen-bond donors (Lipinski definition) is 2. The number of nitrogens with one attached hydrogen (secondary N) is 2. The Kier molecular flexibility index (Phi) is 9.63. The Bertz CT molecular complexity index is 2240. The standard InChI is InChI=1S/C44H44N6O3/c1-29-8-3-10-31(22-29)24-41(51)49-20-6-14-39(49)43-45-27-37(47-43)33-16-18-35(19-17-33)53-36-13-5-12-34(26-36)38-28-46-44(48-38)40-15-7-21-50(40)42(52)25-32-11-4-9-30(2)23-32/h3-5,8-13,16-19,22-23,26-28,39-40H,6-7,14-15,20-21,24-25H2,1-2H3,(H,45,47)(H,46,48)/t39-,40?/m0/s1. The van der Waals surface area contributed by atoms with Gasteiger partial charge in [-0.05, 0) is 92.6 Å². The maximum absolute atomic E-state index is 13.3. The van der Waals surface area contributed by atoms with Crippen molar-refractivity contribution in [3.05, 3.63) is 143 Å². The van der Waals surface area contributed by atoms with E-state index in [1.54, 1.807) is 0 Å². The maximum atomic E-state index is 13.3. The summed E-state index contributed by atoms with van der Waals surface area (Å²) in [5, 5.41) is 0. The van der Waals surface area contributed by atoms with Gasteiger partial charge in [0.2, 0.25) is 11.8 Å². The lowest BCUT2D eigenvalue weighted by atomic mass is 10.1. The van der Waals surface area contributed by atoms with Gasteiger partial charge in [0, 0.05) is 24.8 Å². The molecule has 53 heavy (non-hydrogen) atoms. The highest BCUT2D eigenvalue weighted by atomic mass is 16.5. The molecule has 8 rings (SSSR count). The molecule has 2 N–H and O–H groups in total. The molecule has 0 bridgehead atoms. The molecule has 4 heterocycles. The van der Waals surface area contributed by atoms with Gasteiger partial charge in [0.15, 0.2) is 0 Å². The topological polar surface area (TPSA) is 107 Å².